The van der Waals surface area contributed by atoms with E-state index in [1.807, 2.05) is 17.5 Å². The maximum atomic E-state index is 13.0. The summed E-state index contributed by atoms with van der Waals surface area (Å²) >= 11 is 0. The van der Waals surface area contributed by atoms with Crippen LogP contribution in [0.5, 0.6) is 0 Å². The van der Waals surface area contributed by atoms with E-state index >= 15 is 0 Å². The second-order valence-electron chi connectivity index (χ2n) is 11.4. The molecule has 0 bridgehead atoms. The lowest BCUT2D eigenvalue weighted by Gasteiger charge is -2.38. The average molecular weight is 594 g/mol. The van der Waals surface area contributed by atoms with Crippen LogP contribution in [0.25, 0.3) is 16.8 Å². The highest BCUT2D eigenvalue weighted by Gasteiger charge is 2.42. The molecule has 4 N–H and O–H groups in total. The van der Waals surface area contributed by atoms with Crippen LogP contribution < -0.4 is 16.4 Å². The zero-order chi connectivity index (χ0) is 30.4. The lowest BCUT2D eigenvalue weighted by Crippen LogP contribution is -2.54. The Morgan fingerprint density at radius 3 is 2.56 bits per heavy atom. The number of rotatable bonds is 6. The second-order valence-corrected chi connectivity index (χ2v) is 11.4. The van der Waals surface area contributed by atoms with E-state index in [0.717, 1.165) is 49.8 Å². The van der Waals surface area contributed by atoms with E-state index in [9.17, 15) is 22.8 Å². The number of nitrogens with one attached hydrogen (secondary N) is 2. The van der Waals surface area contributed by atoms with Gasteiger partial charge in [-0.15, -0.1) is 0 Å². The van der Waals surface area contributed by atoms with Crippen LogP contribution in [0, 0.1) is 5.41 Å². The Balaban J connectivity index is 1.23. The van der Waals surface area contributed by atoms with Gasteiger partial charge >= 0.3 is 6.18 Å². The number of pyridine rings is 1. The number of nitrogen functional groups attached to an aromatic ring is 1. The minimum Gasteiger partial charge on any atom is -0.382 e. The molecule has 4 heterocycles. The van der Waals surface area contributed by atoms with Gasteiger partial charge in [0.25, 0.3) is 5.91 Å². The number of alkyl halides is 3. The molecule has 2 aliphatic rings. The first-order valence-corrected chi connectivity index (χ1v) is 14.0. The predicted molar refractivity (Wildman–Crippen MR) is 152 cm³/mol. The molecular weight excluding hydrogens is 563 g/mol. The van der Waals surface area contributed by atoms with Gasteiger partial charge in [-0.05, 0) is 50.5 Å². The molecule has 1 aromatic carbocycles. The molecule has 0 radical (unpaired) electrons. The number of anilines is 2. The summed E-state index contributed by atoms with van der Waals surface area (Å²) in [6.45, 7) is 2.77. The number of imidazole rings is 1. The molecule has 1 aliphatic heterocycles. The summed E-state index contributed by atoms with van der Waals surface area (Å²) in [6, 6.07) is 8.17. The van der Waals surface area contributed by atoms with E-state index in [1.54, 1.807) is 30.5 Å². The highest BCUT2D eigenvalue weighted by atomic mass is 19.4. The van der Waals surface area contributed by atoms with Crippen molar-refractivity contribution in [3.05, 3.63) is 71.9 Å². The Labute approximate surface area is 244 Å². The first-order valence-electron chi connectivity index (χ1n) is 14.0. The van der Waals surface area contributed by atoms with Gasteiger partial charge in [-0.3, -0.25) is 14.0 Å². The number of benzene rings is 1. The molecule has 10 nitrogen and oxygen atoms in total. The molecule has 2 atom stereocenters. The van der Waals surface area contributed by atoms with E-state index in [2.05, 4.69) is 20.6 Å². The smallest absolute Gasteiger partial charge is 0.382 e. The van der Waals surface area contributed by atoms with Crippen LogP contribution in [0.15, 0.2) is 55.0 Å². The first kappa shape index (κ1) is 28.6. The van der Waals surface area contributed by atoms with E-state index in [4.69, 9.17) is 15.5 Å². The summed E-state index contributed by atoms with van der Waals surface area (Å²) in [4.78, 5) is 38.7. The van der Waals surface area contributed by atoms with Crippen molar-refractivity contribution < 1.29 is 27.5 Å². The number of aromatic nitrogens is 4. The summed E-state index contributed by atoms with van der Waals surface area (Å²) in [6.07, 6.45) is 3.32. The molecule has 3 aromatic heterocycles. The van der Waals surface area contributed by atoms with Gasteiger partial charge in [-0.2, -0.15) is 13.2 Å². The van der Waals surface area contributed by atoms with Crippen LogP contribution in [0.4, 0.5) is 24.8 Å². The van der Waals surface area contributed by atoms with Crippen LogP contribution in [0.3, 0.4) is 0 Å². The number of hydrogen-bond acceptors (Lipinski definition) is 7. The third kappa shape index (κ3) is 5.64. The number of fused-ring (bicyclic) bond motifs is 1. The number of amides is 2. The number of ether oxygens (including phenoxy) is 1. The minimum absolute atomic E-state index is 0.0134. The summed E-state index contributed by atoms with van der Waals surface area (Å²) in [5, 5.41) is 5.63. The van der Waals surface area contributed by atoms with Gasteiger partial charge in [0, 0.05) is 41.7 Å². The second kappa shape index (κ2) is 11.0. The minimum atomic E-state index is -4.55. The molecular formula is C30H30F3N7O3. The number of halogens is 3. The fraction of sp³-hybridized carbons (Fsp3) is 0.367. The Kier molecular flexibility index (Phi) is 7.28. The molecule has 0 spiro atoms. The molecule has 43 heavy (non-hydrogen) atoms. The molecule has 1 saturated heterocycles. The van der Waals surface area contributed by atoms with Crippen molar-refractivity contribution in [1.29, 1.82) is 0 Å². The van der Waals surface area contributed by atoms with E-state index in [0.29, 0.717) is 35.8 Å². The van der Waals surface area contributed by atoms with Gasteiger partial charge in [0.05, 0.1) is 24.2 Å². The van der Waals surface area contributed by atoms with Crippen LogP contribution in [-0.2, 0) is 15.7 Å². The van der Waals surface area contributed by atoms with Crippen molar-refractivity contribution >= 4 is 29.0 Å². The summed E-state index contributed by atoms with van der Waals surface area (Å²) < 4.78 is 46.3. The third-order valence-corrected chi connectivity index (χ3v) is 8.12. The standard InChI is InChI=1S/C30H30F3N7O3/c1-29(15-43-16-29)28(42)37-21-4-2-3-19(13-21)26-39-23(24-25(34)36-11-12-40(24)26)17-5-7-18(8-6-17)27(41)38-22-14-20(9-10-35-22)30(31,32)33/h5-12,14,19,21H,2-4,13,15-16H2,1H3,(H2,34,36)(H,37,42)(H,35,38,41)/t19-,21-/m0/s1. The van der Waals surface area contributed by atoms with Gasteiger partial charge in [0.2, 0.25) is 5.91 Å². The van der Waals surface area contributed by atoms with E-state index in [-0.39, 0.29) is 29.2 Å². The van der Waals surface area contributed by atoms with Crippen molar-refractivity contribution in [3.8, 4) is 11.3 Å². The lowest BCUT2D eigenvalue weighted by atomic mass is 9.83. The van der Waals surface area contributed by atoms with Crippen molar-refractivity contribution in [2.75, 3.05) is 24.3 Å². The summed E-state index contributed by atoms with van der Waals surface area (Å²) in [5.41, 5.74) is 7.08. The summed E-state index contributed by atoms with van der Waals surface area (Å²) in [7, 11) is 0. The molecule has 0 unspecified atom stereocenters. The van der Waals surface area contributed by atoms with Crippen molar-refractivity contribution in [3.63, 3.8) is 0 Å². The highest BCUT2D eigenvalue weighted by Crippen LogP contribution is 2.38. The van der Waals surface area contributed by atoms with Gasteiger partial charge in [0.1, 0.15) is 28.7 Å². The Morgan fingerprint density at radius 2 is 1.86 bits per heavy atom. The Morgan fingerprint density at radius 1 is 1.09 bits per heavy atom. The van der Waals surface area contributed by atoms with Crippen molar-refractivity contribution in [2.45, 2.75) is 50.7 Å². The molecule has 2 amide bonds. The van der Waals surface area contributed by atoms with Crippen LogP contribution in [0.2, 0.25) is 0 Å². The first-order chi connectivity index (χ1) is 20.5. The largest absolute Gasteiger partial charge is 0.416 e. The number of carbonyl (C=O) groups excluding carboxylic acids is 2. The van der Waals surface area contributed by atoms with Crippen LogP contribution in [0.1, 0.15) is 60.3 Å². The quantitative estimate of drug-likeness (QED) is 0.292. The molecule has 2 fully saturated rings. The Bertz CT molecular complexity index is 1680. The number of hydrogen-bond donors (Lipinski definition) is 3. The monoisotopic (exact) mass is 593 g/mol. The fourth-order valence-electron chi connectivity index (χ4n) is 5.67. The molecule has 6 rings (SSSR count). The average Bonchev–Trinajstić information content (AvgIpc) is 3.37. The molecule has 1 saturated carbocycles. The van der Waals surface area contributed by atoms with E-state index in [1.165, 1.54) is 0 Å². The van der Waals surface area contributed by atoms with Gasteiger partial charge < -0.3 is 21.1 Å². The number of carbonyl (C=O) groups is 2. The zero-order valence-corrected chi connectivity index (χ0v) is 23.3. The van der Waals surface area contributed by atoms with Gasteiger partial charge in [-0.1, -0.05) is 18.6 Å². The van der Waals surface area contributed by atoms with Gasteiger partial charge in [-0.25, -0.2) is 15.0 Å². The third-order valence-electron chi connectivity index (χ3n) is 8.12. The van der Waals surface area contributed by atoms with Gasteiger partial charge in [0.15, 0.2) is 0 Å². The molecule has 13 heteroatoms. The highest BCUT2D eigenvalue weighted by molar-refractivity contribution is 6.04. The molecule has 4 aromatic rings. The lowest BCUT2D eigenvalue weighted by molar-refractivity contribution is -0.158. The topological polar surface area (TPSA) is 137 Å². The maximum absolute atomic E-state index is 13.0. The van der Waals surface area contributed by atoms with Crippen LogP contribution in [-0.4, -0.2) is 50.4 Å². The molecule has 224 valence electrons. The number of nitrogens with zero attached hydrogens (tertiary/aromatic N) is 4. The Hall–Kier alpha value is -4.52. The summed E-state index contributed by atoms with van der Waals surface area (Å²) in [5.74, 6) is 0.384. The SMILES string of the molecule is CC1(C(=O)N[C@H]2CCC[C@H](c3nc(-c4ccc(C(=O)Nc5cc(C(F)(F)F)ccn5)cc4)c4c(N)nccn34)C2)COC1. The fourth-order valence-corrected chi connectivity index (χ4v) is 5.67. The molecule has 1 aliphatic carbocycles. The number of nitrogens with two attached hydrogens (primary N) is 1. The van der Waals surface area contributed by atoms with Crippen LogP contribution >= 0.6 is 0 Å². The maximum Gasteiger partial charge on any atom is 0.416 e. The van der Waals surface area contributed by atoms with Crippen molar-refractivity contribution in [2.24, 2.45) is 5.41 Å². The van der Waals surface area contributed by atoms with E-state index < -0.39 is 23.1 Å². The zero-order valence-electron chi connectivity index (χ0n) is 23.3. The normalized spacial score (nSPS) is 19.9. The van der Waals surface area contributed by atoms with Crippen molar-refractivity contribution in [1.82, 2.24) is 24.7 Å². The predicted octanol–water partition coefficient (Wildman–Crippen LogP) is 4.82.